The first-order valence-electron chi connectivity index (χ1n) is 17.5. The van der Waals surface area contributed by atoms with Crippen molar-refractivity contribution in [1.29, 1.82) is 0 Å². The molecule has 3 atom stereocenters. The average molecular weight is 746 g/mol. The van der Waals surface area contributed by atoms with E-state index in [0.717, 1.165) is 23.9 Å². The summed E-state index contributed by atoms with van der Waals surface area (Å²) in [5, 5.41) is 24.6. The van der Waals surface area contributed by atoms with Crippen molar-refractivity contribution < 1.29 is 37.7 Å². The maximum absolute atomic E-state index is 15.2. The number of rotatable bonds is 10. The number of nitrogens with one attached hydrogen (secondary N) is 1. The summed E-state index contributed by atoms with van der Waals surface area (Å²) >= 11 is 0. The molecular weight excluding hydrogens is 692 g/mol. The van der Waals surface area contributed by atoms with E-state index in [0.29, 0.717) is 24.5 Å². The smallest absolute Gasteiger partial charge is 0.402 e. The molecule has 0 unspecified atom stereocenters. The van der Waals surface area contributed by atoms with Crippen molar-refractivity contribution in [2.45, 2.75) is 110 Å². The monoisotopic (exact) mass is 745 g/mol. The Kier molecular flexibility index (Phi) is 12.0. The molecule has 286 valence electrons. The van der Waals surface area contributed by atoms with Crippen LogP contribution in [0.2, 0.25) is 18.1 Å². The number of carbonyl (C=O) groups excluding carboxylic acids is 1. The molecule has 3 N–H and O–H groups in total. The van der Waals surface area contributed by atoms with Crippen molar-refractivity contribution in [3.8, 4) is 17.0 Å². The summed E-state index contributed by atoms with van der Waals surface area (Å²) in [7, 11) is -2.59. The Morgan fingerprint density at radius 1 is 1.02 bits per heavy atom. The molecule has 0 spiro atoms. The van der Waals surface area contributed by atoms with E-state index in [1.54, 1.807) is 12.4 Å². The first-order chi connectivity index (χ1) is 23.9. The number of pyridine rings is 2. The summed E-state index contributed by atoms with van der Waals surface area (Å²) in [5.41, 5.74) is -1.41. The van der Waals surface area contributed by atoms with Crippen LogP contribution in [0.3, 0.4) is 0 Å². The van der Waals surface area contributed by atoms with Crippen LogP contribution in [-0.4, -0.2) is 82.1 Å². The van der Waals surface area contributed by atoms with Crippen molar-refractivity contribution in [2.24, 2.45) is 5.92 Å². The van der Waals surface area contributed by atoms with Crippen LogP contribution in [0.5, 0.6) is 5.75 Å². The first-order valence-corrected chi connectivity index (χ1v) is 20.5. The molecule has 0 saturated carbocycles. The maximum Gasteiger partial charge on any atom is 0.402 e. The van der Waals surface area contributed by atoms with E-state index < -0.39 is 66.4 Å². The second kappa shape index (κ2) is 15.2. The molecule has 52 heavy (non-hydrogen) atoms. The van der Waals surface area contributed by atoms with Crippen molar-refractivity contribution in [3.63, 3.8) is 0 Å². The third-order valence-corrected chi connectivity index (χ3v) is 15.0. The number of ether oxygens (including phenoxy) is 2. The minimum atomic E-state index is -2.59. The molecule has 0 bridgehead atoms. The van der Waals surface area contributed by atoms with Crippen molar-refractivity contribution in [2.75, 3.05) is 29.9 Å². The van der Waals surface area contributed by atoms with E-state index in [1.807, 2.05) is 38.3 Å². The molecule has 2 aromatic heterocycles. The number of amides is 1. The molecular formula is C38H54F3N5O5Si. The Balaban J connectivity index is 1.62. The molecule has 14 heteroatoms. The van der Waals surface area contributed by atoms with Crippen LogP contribution in [0.1, 0.15) is 68.0 Å². The third kappa shape index (κ3) is 9.56. The van der Waals surface area contributed by atoms with Gasteiger partial charge in [0.2, 0.25) is 0 Å². The average Bonchev–Trinajstić information content (AvgIpc) is 3.00. The van der Waals surface area contributed by atoms with Gasteiger partial charge in [0.05, 0.1) is 53.1 Å². The van der Waals surface area contributed by atoms with Gasteiger partial charge < -0.3 is 34.5 Å². The molecule has 1 fully saturated rings. The minimum Gasteiger partial charge on any atom is -0.490 e. The second-order valence-corrected chi connectivity index (χ2v) is 21.9. The number of halogens is 3. The fraction of sp³-hybridized carbons (Fsp3) is 0.553. The molecule has 0 aliphatic carbocycles. The van der Waals surface area contributed by atoms with Gasteiger partial charge in [0, 0.05) is 37.3 Å². The topological polar surface area (TPSA) is 120 Å². The summed E-state index contributed by atoms with van der Waals surface area (Å²) in [6.45, 7) is 21.7. The van der Waals surface area contributed by atoms with Gasteiger partial charge in [-0.05, 0) is 57.9 Å². The van der Waals surface area contributed by atoms with Crippen LogP contribution in [0, 0.1) is 23.4 Å². The zero-order valence-corrected chi connectivity index (χ0v) is 33.1. The standard InChI is InChI=1S/C38H54F3N5O5Si/c1-23-20-45(21-31(34(23)47)46(35(48)51-36(2,3)4)52(10,11)37(5,6)7)30-14-15-42-19-29(30)43-18-24-12-13-26(39)33(44-24)32-27(40)16-25(17-28(32)41)50-22-38(8,9)49/h12-17,19,23,31,34,43,47,49H,18,20-22H2,1-11H3/t23-,31+,34+/m0/s1. The maximum atomic E-state index is 15.2. The molecule has 3 aromatic rings. The summed E-state index contributed by atoms with van der Waals surface area (Å²) in [6, 6.07) is 5.65. The highest BCUT2D eigenvalue weighted by molar-refractivity contribution is 6.79. The van der Waals surface area contributed by atoms with Gasteiger partial charge in [-0.2, -0.15) is 0 Å². The Morgan fingerprint density at radius 2 is 1.65 bits per heavy atom. The minimum absolute atomic E-state index is 0.0610. The second-order valence-electron chi connectivity index (χ2n) is 16.8. The van der Waals surface area contributed by atoms with E-state index in [2.05, 4.69) is 54.0 Å². The van der Waals surface area contributed by atoms with Crippen LogP contribution in [0.4, 0.5) is 29.3 Å². The fourth-order valence-electron chi connectivity index (χ4n) is 5.99. The molecule has 1 amide bonds. The van der Waals surface area contributed by atoms with Crippen molar-refractivity contribution >= 4 is 25.7 Å². The highest BCUT2D eigenvalue weighted by Crippen LogP contribution is 2.42. The highest BCUT2D eigenvalue weighted by Gasteiger charge is 2.52. The predicted molar refractivity (Wildman–Crippen MR) is 199 cm³/mol. The number of piperidine rings is 1. The number of carbonyl (C=O) groups is 1. The normalized spacial score (nSPS) is 18.6. The molecule has 0 radical (unpaired) electrons. The molecule has 1 saturated heterocycles. The Morgan fingerprint density at radius 3 is 2.23 bits per heavy atom. The SMILES string of the molecule is C[C@H]1CN(c2ccncc2NCc2ccc(F)c(-c3c(F)cc(OCC(C)(C)O)cc3F)n2)C[C@@H](N(C(=O)OC(C)(C)C)[Si](C)(C)C(C)(C)C)[C@@H]1O. The lowest BCUT2D eigenvalue weighted by molar-refractivity contribution is -0.00193. The first kappa shape index (κ1) is 40.9. The van der Waals surface area contributed by atoms with Gasteiger partial charge in [-0.3, -0.25) is 4.98 Å². The van der Waals surface area contributed by atoms with Crippen LogP contribution >= 0.6 is 0 Å². The number of anilines is 2. The van der Waals surface area contributed by atoms with Crippen LogP contribution < -0.4 is 15.0 Å². The number of hydrogen-bond acceptors (Lipinski definition) is 9. The van der Waals surface area contributed by atoms with E-state index in [4.69, 9.17) is 9.47 Å². The Labute approximate surface area is 306 Å². The Hall–Kier alpha value is -3.88. The van der Waals surface area contributed by atoms with Crippen LogP contribution in [0.25, 0.3) is 11.3 Å². The lowest BCUT2D eigenvalue weighted by atomic mass is 9.92. The van der Waals surface area contributed by atoms with Gasteiger partial charge in [0.25, 0.3) is 0 Å². The lowest BCUT2D eigenvalue weighted by Crippen LogP contribution is -2.69. The number of aromatic nitrogens is 2. The van der Waals surface area contributed by atoms with Gasteiger partial charge >= 0.3 is 6.09 Å². The number of hydrogen-bond donors (Lipinski definition) is 3. The molecule has 3 heterocycles. The van der Waals surface area contributed by atoms with Crippen LogP contribution in [0.15, 0.2) is 42.7 Å². The van der Waals surface area contributed by atoms with Gasteiger partial charge in [-0.25, -0.2) is 22.9 Å². The summed E-state index contributed by atoms with van der Waals surface area (Å²) in [5.74, 6) is -3.40. The Bertz CT molecular complexity index is 1720. The van der Waals surface area contributed by atoms with Crippen molar-refractivity contribution in [3.05, 3.63) is 65.9 Å². The highest BCUT2D eigenvalue weighted by atomic mass is 28.3. The van der Waals surface area contributed by atoms with Gasteiger partial charge in [0.1, 0.15) is 41.1 Å². The van der Waals surface area contributed by atoms with E-state index in [1.165, 1.54) is 19.9 Å². The predicted octanol–water partition coefficient (Wildman–Crippen LogP) is 7.75. The fourth-order valence-corrected chi connectivity index (χ4v) is 8.27. The summed E-state index contributed by atoms with van der Waals surface area (Å²) < 4.78 is 58.5. The van der Waals surface area contributed by atoms with Gasteiger partial charge in [-0.15, -0.1) is 0 Å². The van der Waals surface area contributed by atoms with E-state index >= 15 is 13.2 Å². The molecule has 10 nitrogen and oxygen atoms in total. The van der Waals surface area contributed by atoms with Crippen LogP contribution in [-0.2, 0) is 11.3 Å². The van der Waals surface area contributed by atoms with Crippen molar-refractivity contribution in [1.82, 2.24) is 14.5 Å². The molecule has 1 aromatic carbocycles. The quantitative estimate of drug-likeness (QED) is 0.179. The zero-order chi connectivity index (χ0) is 39.0. The van der Waals surface area contributed by atoms with Gasteiger partial charge in [-0.1, -0.05) is 40.8 Å². The summed E-state index contributed by atoms with van der Waals surface area (Å²) in [6.07, 6.45) is 2.03. The molecule has 1 aliphatic rings. The molecule has 4 rings (SSSR count). The number of aliphatic hydroxyl groups is 2. The summed E-state index contributed by atoms with van der Waals surface area (Å²) in [4.78, 5) is 24.6. The number of benzene rings is 1. The number of nitrogens with zero attached hydrogens (tertiary/aromatic N) is 4. The van der Waals surface area contributed by atoms with E-state index in [9.17, 15) is 15.0 Å². The third-order valence-electron chi connectivity index (χ3n) is 9.60. The zero-order valence-electron chi connectivity index (χ0n) is 32.1. The molecule has 1 aliphatic heterocycles. The largest absolute Gasteiger partial charge is 0.490 e. The number of aliphatic hydroxyl groups excluding tert-OH is 1. The van der Waals surface area contributed by atoms with E-state index in [-0.39, 0.29) is 29.9 Å². The lowest BCUT2D eigenvalue weighted by Gasteiger charge is -2.54. The van der Waals surface area contributed by atoms with Gasteiger partial charge in [0.15, 0.2) is 8.24 Å².